The quantitative estimate of drug-likeness (QED) is 0.165. The van der Waals surface area contributed by atoms with E-state index in [1.807, 2.05) is 24.4 Å². The Balaban J connectivity index is 0.00000329. The Morgan fingerprint density at radius 3 is 2.33 bits per heavy atom. The molecule has 0 saturated heterocycles. The van der Waals surface area contributed by atoms with E-state index in [-0.39, 0.29) is 26.6 Å². The van der Waals surface area contributed by atoms with Gasteiger partial charge in [-0.3, -0.25) is 0 Å². The van der Waals surface area contributed by atoms with Crippen LogP contribution in [-0.2, 0) is 21.1 Å². The Kier molecular flexibility index (Phi) is 7.56. The second-order valence-corrected chi connectivity index (χ2v) is 12.2. The Labute approximate surface area is 268 Å². The minimum absolute atomic E-state index is 0. The normalized spacial score (nSPS) is 13.1. The van der Waals surface area contributed by atoms with Crippen molar-refractivity contribution in [2.45, 2.75) is 46.1 Å². The molecule has 0 unspecified atom stereocenters. The monoisotopic (exact) mass is 745 g/mol. The van der Waals surface area contributed by atoms with Crippen molar-refractivity contribution in [1.82, 2.24) is 9.55 Å². The van der Waals surface area contributed by atoms with Crippen molar-refractivity contribution in [1.29, 1.82) is 0 Å². The molecule has 0 N–H and O–H groups in total. The molecule has 43 heavy (non-hydrogen) atoms. The summed E-state index contributed by atoms with van der Waals surface area (Å²) in [6.45, 7) is 11.9. The average Bonchev–Trinajstić information content (AvgIpc) is 3.54. The van der Waals surface area contributed by atoms with Crippen molar-refractivity contribution >= 4 is 38.9 Å². The van der Waals surface area contributed by atoms with E-state index in [4.69, 9.17) is 9.72 Å². The fourth-order valence-electron chi connectivity index (χ4n) is 5.85. The fraction of sp³-hybridized carbons (Fsp3) is 0.216. The minimum Gasteiger partial charge on any atom is -0.509 e. The number of pyridine rings is 1. The molecule has 0 saturated carbocycles. The Hall–Kier alpha value is -4.08. The van der Waals surface area contributed by atoms with Crippen LogP contribution in [0.25, 0.3) is 27.6 Å². The van der Waals surface area contributed by atoms with Gasteiger partial charge in [-0.25, -0.2) is 4.98 Å². The van der Waals surface area contributed by atoms with Crippen LogP contribution in [0.5, 0.6) is 11.5 Å². The molecule has 0 atom stereocenters. The number of rotatable bonds is 5. The molecule has 1 aliphatic heterocycles. The van der Waals surface area contributed by atoms with Crippen LogP contribution in [0, 0.1) is 12.1 Å². The van der Waals surface area contributed by atoms with Gasteiger partial charge in [-0.2, -0.15) is 12.1 Å². The van der Waals surface area contributed by atoms with Gasteiger partial charge in [0.25, 0.3) is 0 Å². The molecule has 7 rings (SSSR count). The first-order chi connectivity index (χ1) is 20.3. The maximum absolute atomic E-state index is 6.43. The van der Waals surface area contributed by atoms with Gasteiger partial charge >= 0.3 is 21.1 Å². The van der Waals surface area contributed by atoms with E-state index < -0.39 is 0 Å². The van der Waals surface area contributed by atoms with E-state index in [1.165, 1.54) is 16.9 Å². The average molecular weight is 746 g/mol. The van der Waals surface area contributed by atoms with Crippen LogP contribution in [0.3, 0.4) is 0 Å². The zero-order valence-corrected chi connectivity index (χ0v) is 27.3. The van der Waals surface area contributed by atoms with Gasteiger partial charge in [-0.1, -0.05) is 55.4 Å². The van der Waals surface area contributed by atoms with E-state index in [0.717, 1.165) is 40.0 Å². The van der Waals surface area contributed by atoms with E-state index in [2.05, 4.69) is 134 Å². The molecule has 0 radical (unpaired) electrons. The number of aromatic nitrogens is 2. The summed E-state index contributed by atoms with van der Waals surface area (Å²) in [7, 11) is 0. The molecule has 0 spiro atoms. The number of nitrogens with zero attached hydrogens (tertiary/aromatic N) is 4. The number of hydrogen-bond donors (Lipinski definition) is 0. The number of fused-ring (bicyclic) bond motifs is 4. The molecule has 0 fully saturated rings. The molecular formula is C37H34N4OPt. The molecule has 218 valence electrons. The molecule has 0 aliphatic carbocycles. The minimum atomic E-state index is -0.00860. The third-order valence-electron chi connectivity index (χ3n) is 8.04. The van der Waals surface area contributed by atoms with Crippen LogP contribution in [0.4, 0.5) is 17.1 Å². The topological polar surface area (TPSA) is 33.5 Å². The van der Waals surface area contributed by atoms with Crippen LogP contribution in [-0.4, -0.2) is 21.8 Å². The van der Waals surface area contributed by atoms with Gasteiger partial charge in [-0.15, -0.1) is 35.7 Å². The molecule has 3 heterocycles. The van der Waals surface area contributed by atoms with E-state index in [1.54, 1.807) is 0 Å². The van der Waals surface area contributed by atoms with Crippen molar-refractivity contribution < 1.29 is 25.8 Å². The van der Waals surface area contributed by atoms with E-state index >= 15 is 0 Å². The Bertz CT molecular complexity index is 1940. The van der Waals surface area contributed by atoms with Crippen molar-refractivity contribution in [2.24, 2.45) is 0 Å². The smallest absolute Gasteiger partial charge is 0.509 e. The Morgan fingerprint density at radius 1 is 0.791 bits per heavy atom. The van der Waals surface area contributed by atoms with Crippen molar-refractivity contribution in [3.8, 4) is 17.3 Å². The molecule has 5 nitrogen and oxygen atoms in total. The van der Waals surface area contributed by atoms with E-state index in [0.29, 0.717) is 17.4 Å². The summed E-state index contributed by atoms with van der Waals surface area (Å²) >= 11 is 0. The SMILES string of the molecule is CC(C)c1ccnc(-n2c3[c-]c(Oc4[c-]c(N5CN(C(C)(C)C)c6ccccc65)ccc4)ccc3c3ccccc32)c1.[Pt+2]. The zero-order valence-electron chi connectivity index (χ0n) is 25.0. The first-order valence-electron chi connectivity index (χ1n) is 14.5. The third-order valence-corrected chi connectivity index (χ3v) is 8.04. The van der Waals surface area contributed by atoms with Crippen LogP contribution in [0.15, 0.2) is 97.2 Å². The van der Waals surface area contributed by atoms with Crippen molar-refractivity contribution in [2.75, 3.05) is 16.5 Å². The number of ether oxygens (including phenoxy) is 1. The third kappa shape index (κ3) is 5.21. The van der Waals surface area contributed by atoms with Gasteiger partial charge < -0.3 is 19.1 Å². The number of hydrogen-bond acceptors (Lipinski definition) is 4. The number of para-hydroxylation sites is 3. The van der Waals surface area contributed by atoms with Crippen LogP contribution >= 0.6 is 0 Å². The molecule has 6 aromatic rings. The van der Waals surface area contributed by atoms with Gasteiger partial charge in [0.1, 0.15) is 5.82 Å². The summed E-state index contributed by atoms with van der Waals surface area (Å²) < 4.78 is 8.62. The molecule has 2 aromatic heterocycles. The fourth-order valence-corrected chi connectivity index (χ4v) is 5.85. The number of anilines is 3. The molecular weight excluding hydrogens is 712 g/mol. The summed E-state index contributed by atoms with van der Waals surface area (Å²) in [5, 5.41) is 2.28. The predicted molar refractivity (Wildman–Crippen MR) is 173 cm³/mol. The molecule has 1 aliphatic rings. The summed E-state index contributed by atoms with van der Waals surface area (Å²) in [5.41, 5.74) is 6.65. The van der Waals surface area contributed by atoms with Crippen molar-refractivity contribution in [3.05, 3.63) is 115 Å². The summed E-state index contributed by atoms with van der Waals surface area (Å²) in [5.74, 6) is 2.57. The number of benzene rings is 4. The van der Waals surface area contributed by atoms with Crippen LogP contribution in [0.2, 0.25) is 0 Å². The summed E-state index contributed by atoms with van der Waals surface area (Å²) in [6, 6.07) is 38.5. The van der Waals surface area contributed by atoms with Gasteiger partial charge in [0.2, 0.25) is 0 Å². The first-order valence-corrected chi connectivity index (χ1v) is 14.5. The maximum Gasteiger partial charge on any atom is 2.00 e. The first kappa shape index (κ1) is 29.0. The predicted octanol–water partition coefficient (Wildman–Crippen LogP) is 9.41. The molecule has 6 heteroatoms. The van der Waals surface area contributed by atoms with E-state index in [9.17, 15) is 0 Å². The van der Waals surface area contributed by atoms with Crippen LogP contribution in [0.1, 0.15) is 46.1 Å². The zero-order chi connectivity index (χ0) is 29.0. The second kappa shape index (κ2) is 11.2. The molecule has 0 amide bonds. The summed E-state index contributed by atoms with van der Waals surface area (Å²) in [4.78, 5) is 9.48. The van der Waals surface area contributed by atoms with Gasteiger partial charge in [0.05, 0.1) is 18.0 Å². The van der Waals surface area contributed by atoms with Gasteiger partial charge in [0.15, 0.2) is 0 Å². The van der Waals surface area contributed by atoms with Gasteiger partial charge in [-0.05, 0) is 68.0 Å². The second-order valence-electron chi connectivity index (χ2n) is 12.2. The summed E-state index contributed by atoms with van der Waals surface area (Å²) in [6.07, 6.45) is 1.89. The standard InChI is InChI=1S/C37H34N4O.Pt/c1-25(2)26-19-20-38-36(21-26)41-32-14-7-6-13-30(32)31-18-17-29(23-35(31)41)42-28-12-10-11-27(22-28)39-24-40(37(3,4)5)34-16-9-8-15-33(34)39;/h6-21,25H,24H2,1-5H3;/q-2;+2. The Morgan fingerprint density at radius 2 is 1.53 bits per heavy atom. The molecule has 4 aromatic carbocycles. The van der Waals surface area contributed by atoms with Gasteiger partial charge in [0, 0.05) is 28.8 Å². The largest absolute Gasteiger partial charge is 2.00 e. The van der Waals surface area contributed by atoms with Crippen LogP contribution < -0.4 is 14.5 Å². The van der Waals surface area contributed by atoms with Crippen molar-refractivity contribution in [3.63, 3.8) is 0 Å². The maximum atomic E-state index is 6.43. The molecule has 0 bridgehead atoms.